The van der Waals surface area contributed by atoms with E-state index in [1.54, 1.807) is 48.5 Å². The van der Waals surface area contributed by atoms with Crippen molar-refractivity contribution in [3.63, 3.8) is 0 Å². The van der Waals surface area contributed by atoms with Crippen LogP contribution in [0, 0.1) is 0 Å². The van der Waals surface area contributed by atoms with Crippen LogP contribution in [0.2, 0.25) is 20.1 Å². The number of hydrogen-bond acceptors (Lipinski definition) is 4. The molecular formula is C26H22Cl5N3O2. The molecule has 0 fully saturated rings. The molecule has 1 N–H and O–H groups in total. The Kier molecular flexibility index (Phi) is 9.29. The van der Waals surface area contributed by atoms with Gasteiger partial charge in [0.1, 0.15) is 11.6 Å². The molecule has 188 valence electrons. The van der Waals surface area contributed by atoms with E-state index in [0.717, 1.165) is 11.1 Å². The van der Waals surface area contributed by atoms with Crippen molar-refractivity contribution in [3.05, 3.63) is 110 Å². The fourth-order valence-corrected chi connectivity index (χ4v) is 4.70. The highest BCUT2D eigenvalue weighted by Crippen LogP contribution is 2.33. The van der Waals surface area contributed by atoms with Gasteiger partial charge >= 0.3 is 0 Å². The SMILES string of the molecule is O=C(CN1C=CN(C(Cl)C(OCc2ccc(Cl)cc2Cl)c2ccc(Cl)cc2)C1)Nc1ccc(Cl)cc1. The van der Waals surface area contributed by atoms with Crippen LogP contribution >= 0.6 is 58.0 Å². The number of carbonyl (C=O) groups is 1. The van der Waals surface area contributed by atoms with Gasteiger partial charge in [-0.2, -0.15) is 0 Å². The number of alkyl halides is 1. The van der Waals surface area contributed by atoms with E-state index in [-0.39, 0.29) is 19.1 Å². The fourth-order valence-electron chi connectivity index (χ4n) is 3.64. The predicted octanol–water partition coefficient (Wildman–Crippen LogP) is 7.81. The highest BCUT2D eigenvalue weighted by Gasteiger charge is 2.30. The van der Waals surface area contributed by atoms with Crippen LogP contribution in [-0.2, 0) is 16.1 Å². The molecule has 0 saturated carbocycles. The third-order valence-corrected chi connectivity index (χ3v) is 7.06. The van der Waals surface area contributed by atoms with Gasteiger partial charge in [-0.15, -0.1) is 0 Å². The maximum atomic E-state index is 12.5. The summed E-state index contributed by atoms with van der Waals surface area (Å²) in [6, 6.07) is 19.5. The molecule has 3 aromatic carbocycles. The topological polar surface area (TPSA) is 44.8 Å². The molecule has 0 radical (unpaired) electrons. The maximum absolute atomic E-state index is 12.5. The van der Waals surface area contributed by atoms with Crippen LogP contribution in [0.25, 0.3) is 0 Å². The van der Waals surface area contributed by atoms with Crippen LogP contribution in [0.4, 0.5) is 5.69 Å². The van der Waals surface area contributed by atoms with Crippen LogP contribution in [0.15, 0.2) is 79.1 Å². The van der Waals surface area contributed by atoms with Gasteiger partial charge in [-0.1, -0.05) is 76.2 Å². The number of nitrogens with zero attached hydrogens (tertiary/aromatic N) is 2. The quantitative estimate of drug-likeness (QED) is 0.206. The summed E-state index contributed by atoms with van der Waals surface area (Å²) in [4.78, 5) is 16.3. The number of rotatable bonds is 9. The molecule has 1 heterocycles. The average molecular weight is 586 g/mol. The molecule has 2 atom stereocenters. The molecule has 0 aromatic heterocycles. The summed E-state index contributed by atoms with van der Waals surface area (Å²) in [6.07, 6.45) is 3.16. The lowest BCUT2D eigenvalue weighted by Crippen LogP contribution is -2.38. The number of ether oxygens (including phenoxy) is 1. The lowest BCUT2D eigenvalue weighted by molar-refractivity contribution is -0.117. The maximum Gasteiger partial charge on any atom is 0.243 e. The molecule has 3 aromatic rings. The monoisotopic (exact) mass is 583 g/mol. The second-order valence-corrected chi connectivity index (χ2v) is 10.3. The Bertz CT molecular complexity index is 1220. The smallest absolute Gasteiger partial charge is 0.243 e. The summed E-state index contributed by atoms with van der Waals surface area (Å²) < 4.78 is 6.27. The third-order valence-electron chi connectivity index (χ3n) is 5.49. The van der Waals surface area contributed by atoms with Crippen molar-refractivity contribution in [1.82, 2.24) is 9.80 Å². The Morgan fingerprint density at radius 1 is 0.889 bits per heavy atom. The minimum absolute atomic E-state index is 0.155. The van der Waals surface area contributed by atoms with E-state index in [0.29, 0.717) is 32.4 Å². The molecule has 4 rings (SSSR count). The van der Waals surface area contributed by atoms with Crippen molar-refractivity contribution in [2.75, 3.05) is 18.5 Å². The van der Waals surface area contributed by atoms with Gasteiger partial charge in [0.2, 0.25) is 5.91 Å². The minimum Gasteiger partial charge on any atom is -0.365 e. The first-order valence-electron chi connectivity index (χ1n) is 11.0. The molecule has 0 bridgehead atoms. The van der Waals surface area contributed by atoms with E-state index >= 15 is 0 Å². The largest absolute Gasteiger partial charge is 0.365 e. The Morgan fingerprint density at radius 3 is 2.19 bits per heavy atom. The summed E-state index contributed by atoms with van der Waals surface area (Å²) in [5.74, 6) is -0.155. The van der Waals surface area contributed by atoms with E-state index in [2.05, 4.69) is 5.32 Å². The first kappa shape index (κ1) is 26.9. The van der Waals surface area contributed by atoms with E-state index in [4.69, 9.17) is 62.7 Å². The van der Waals surface area contributed by atoms with Gasteiger partial charge in [-0.3, -0.25) is 4.79 Å². The molecule has 0 spiro atoms. The van der Waals surface area contributed by atoms with Crippen molar-refractivity contribution >= 4 is 69.6 Å². The van der Waals surface area contributed by atoms with Crippen molar-refractivity contribution in [1.29, 1.82) is 0 Å². The molecule has 1 aliphatic heterocycles. The van der Waals surface area contributed by atoms with Gasteiger partial charge in [0.15, 0.2) is 0 Å². The van der Waals surface area contributed by atoms with E-state index in [9.17, 15) is 4.79 Å². The van der Waals surface area contributed by atoms with Crippen LogP contribution in [0.3, 0.4) is 0 Å². The van der Waals surface area contributed by atoms with Gasteiger partial charge in [0.25, 0.3) is 0 Å². The van der Waals surface area contributed by atoms with E-state index in [1.807, 2.05) is 40.4 Å². The molecule has 2 unspecified atom stereocenters. The lowest BCUT2D eigenvalue weighted by Gasteiger charge is -2.31. The first-order chi connectivity index (χ1) is 17.3. The number of nitrogens with one attached hydrogen (secondary N) is 1. The highest BCUT2D eigenvalue weighted by molar-refractivity contribution is 6.35. The van der Waals surface area contributed by atoms with Crippen molar-refractivity contribution in [2.45, 2.75) is 18.2 Å². The second kappa shape index (κ2) is 12.4. The zero-order valence-electron chi connectivity index (χ0n) is 18.9. The normalized spacial score (nSPS) is 14.7. The second-order valence-electron chi connectivity index (χ2n) is 8.15. The van der Waals surface area contributed by atoms with Crippen molar-refractivity contribution in [3.8, 4) is 0 Å². The molecule has 0 saturated heterocycles. The molecule has 5 nitrogen and oxygen atoms in total. The number of benzene rings is 3. The van der Waals surface area contributed by atoms with Crippen molar-refractivity contribution in [2.24, 2.45) is 0 Å². The summed E-state index contributed by atoms with van der Waals surface area (Å²) in [6.45, 7) is 0.806. The zero-order chi connectivity index (χ0) is 25.7. The van der Waals surface area contributed by atoms with E-state index in [1.165, 1.54) is 0 Å². The summed E-state index contributed by atoms with van der Waals surface area (Å²) in [5.41, 5.74) is 1.76. The fraction of sp³-hybridized carbons (Fsp3) is 0.192. The lowest BCUT2D eigenvalue weighted by atomic mass is 10.1. The predicted molar refractivity (Wildman–Crippen MR) is 148 cm³/mol. The Hall–Kier alpha value is -2.12. The number of halogens is 5. The first-order valence-corrected chi connectivity index (χ1v) is 12.9. The molecule has 0 aliphatic carbocycles. The summed E-state index contributed by atoms with van der Waals surface area (Å²) in [5, 5.41) is 5.15. The standard InChI is InChI=1S/C26H22Cl5N3O2/c27-19-4-1-17(2-5-19)25(36-15-18-3-6-21(29)13-23(18)30)26(31)34-12-11-33(16-34)14-24(35)32-22-9-7-20(28)8-10-22/h1-13,25-26H,14-16H2,(H,32,35). The van der Waals surface area contributed by atoms with Gasteiger partial charge in [0.05, 0.1) is 19.8 Å². The van der Waals surface area contributed by atoms with Gasteiger partial charge < -0.3 is 19.9 Å². The Morgan fingerprint density at radius 2 is 1.53 bits per heavy atom. The zero-order valence-corrected chi connectivity index (χ0v) is 22.7. The summed E-state index contributed by atoms with van der Waals surface area (Å²) in [7, 11) is 0. The van der Waals surface area contributed by atoms with Crippen LogP contribution in [0.1, 0.15) is 17.2 Å². The van der Waals surface area contributed by atoms with Crippen LogP contribution in [0.5, 0.6) is 0 Å². The van der Waals surface area contributed by atoms with Gasteiger partial charge in [-0.05, 0) is 59.7 Å². The molecule has 36 heavy (non-hydrogen) atoms. The number of hydrogen-bond donors (Lipinski definition) is 1. The third kappa shape index (κ3) is 7.22. The molecule has 1 aliphatic rings. The Balaban J connectivity index is 1.41. The van der Waals surface area contributed by atoms with Crippen molar-refractivity contribution < 1.29 is 9.53 Å². The average Bonchev–Trinajstić information content (AvgIpc) is 3.31. The van der Waals surface area contributed by atoms with Crippen LogP contribution < -0.4 is 5.32 Å². The number of amides is 1. The Labute approximate surface area is 235 Å². The van der Waals surface area contributed by atoms with Gasteiger partial charge in [-0.25, -0.2) is 0 Å². The highest BCUT2D eigenvalue weighted by atomic mass is 35.5. The molecular weight excluding hydrogens is 564 g/mol. The minimum atomic E-state index is -0.571. The summed E-state index contributed by atoms with van der Waals surface area (Å²) >= 11 is 31.3. The molecule has 1 amide bonds. The van der Waals surface area contributed by atoms with Gasteiger partial charge in [0, 0.05) is 38.2 Å². The van der Waals surface area contributed by atoms with E-state index < -0.39 is 11.6 Å². The van der Waals surface area contributed by atoms with Crippen LogP contribution in [-0.4, -0.2) is 34.4 Å². The number of carbonyl (C=O) groups excluding carboxylic acids is 1. The molecule has 10 heteroatoms. The number of anilines is 1.